The molecular weight excluding hydrogens is 155 g/mol. The number of nitrogens with one attached hydrogen (secondary N) is 1. The number of aryl methyl sites for hydroxylation is 2. The van der Waals surface area contributed by atoms with E-state index in [1.807, 2.05) is 13.0 Å². The summed E-state index contributed by atoms with van der Waals surface area (Å²) in [6.45, 7) is 3.59. The topological polar surface area (TPSA) is 28.7 Å². The largest absolute Gasteiger partial charge is 0.357 e. The number of hydrogen-bond acceptors (Lipinski definition) is 1. The zero-order valence-corrected chi connectivity index (χ0v) is 6.98. The van der Waals surface area contributed by atoms with Crippen LogP contribution >= 0.6 is 0 Å². The lowest BCUT2D eigenvalue weighted by Gasteiger charge is -1.94. The van der Waals surface area contributed by atoms with Crippen LogP contribution in [0.5, 0.6) is 0 Å². The number of fused-ring (bicyclic) bond motifs is 1. The van der Waals surface area contributed by atoms with Crippen molar-refractivity contribution in [2.45, 2.75) is 13.8 Å². The summed E-state index contributed by atoms with van der Waals surface area (Å²) in [6.07, 6.45) is 0. The Hall–Kier alpha value is -1.38. The van der Waals surface area contributed by atoms with Gasteiger partial charge < -0.3 is 4.98 Å². The van der Waals surface area contributed by atoms with E-state index >= 15 is 0 Å². The first-order chi connectivity index (χ1) is 5.66. The van der Waals surface area contributed by atoms with Crippen LogP contribution in [0.1, 0.15) is 11.4 Å². The molecule has 0 atom stereocenters. The molecule has 12 heavy (non-hydrogen) atoms. The van der Waals surface area contributed by atoms with Crippen molar-refractivity contribution in [3.63, 3.8) is 0 Å². The second-order valence-electron chi connectivity index (χ2n) is 2.94. The number of aromatic nitrogens is 2. The summed E-state index contributed by atoms with van der Waals surface area (Å²) < 4.78 is 13.0. The van der Waals surface area contributed by atoms with Crippen molar-refractivity contribution in [1.82, 2.24) is 9.97 Å². The van der Waals surface area contributed by atoms with Gasteiger partial charge in [0.25, 0.3) is 0 Å². The van der Waals surface area contributed by atoms with Crippen LogP contribution in [0.4, 0.5) is 4.39 Å². The summed E-state index contributed by atoms with van der Waals surface area (Å²) in [7, 11) is 0. The molecule has 2 nitrogen and oxygen atoms in total. The molecule has 0 aliphatic carbocycles. The first-order valence-electron chi connectivity index (χ1n) is 3.79. The van der Waals surface area contributed by atoms with Gasteiger partial charge in [-0.3, -0.25) is 0 Å². The normalized spacial score (nSPS) is 10.9. The standard InChI is InChI=1S/C9H9FN2/c1-5-3-8-9(11-5)4-7(10)6(2)12-8/h3-4,11H,1-2H3. The first-order valence-corrected chi connectivity index (χ1v) is 3.79. The molecule has 3 heteroatoms. The van der Waals surface area contributed by atoms with Gasteiger partial charge in [0.05, 0.1) is 16.7 Å². The molecule has 0 aliphatic rings. The smallest absolute Gasteiger partial charge is 0.146 e. The summed E-state index contributed by atoms with van der Waals surface area (Å²) in [5, 5.41) is 0. The molecule has 2 heterocycles. The van der Waals surface area contributed by atoms with E-state index in [4.69, 9.17) is 0 Å². The Morgan fingerprint density at radius 1 is 1.33 bits per heavy atom. The van der Waals surface area contributed by atoms with E-state index in [0.29, 0.717) is 5.69 Å². The van der Waals surface area contributed by atoms with E-state index in [0.717, 1.165) is 16.7 Å². The highest BCUT2D eigenvalue weighted by Gasteiger charge is 2.03. The van der Waals surface area contributed by atoms with Gasteiger partial charge in [-0.1, -0.05) is 0 Å². The van der Waals surface area contributed by atoms with Crippen LogP contribution in [0.25, 0.3) is 11.0 Å². The van der Waals surface area contributed by atoms with Crippen molar-refractivity contribution in [3.8, 4) is 0 Å². The monoisotopic (exact) mass is 164 g/mol. The first kappa shape index (κ1) is 7.28. The molecule has 0 unspecified atom stereocenters. The minimum Gasteiger partial charge on any atom is -0.357 e. The fourth-order valence-electron chi connectivity index (χ4n) is 1.26. The van der Waals surface area contributed by atoms with Crippen LogP contribution in [0.2, 0.25) is 0 Å². The minimum atomic E-state index is -0.260. The molecule has 0 saturated carbocycles. The van der Waals surface area contributed by atoms with Crippen molar-refractivity contribution in [3.05, 3.63) is 29.3 Å². The predicted molar refractivity (Wildman–Crippen MR) is 45.5 cm³/mol. The number of halogens is 1. The quantitative estimate of drug-likeness (QED) is 0.636. The predicted octanol–water partition coefficient (Wildman–Crippen LogP) is 2.32. The molecular formula is C9H9FN2. The molecule has 0 radical (unpaired) electrons. The third kappa shape index (κ3) is 0.978. The van der Waals surface area contributed by atoms with E-state index in [1.165, 1.54) is 6.07 Å². The van der Waals surface area contributed by atoms with Gasteiger partial charge in [-0.15, -0.1) is 0 Å². The Bertz CT molecular complexity index is 392. The van der Waals surface area contributed by atoms with Gasteiger partial charge in [-0.05, 0) is 19.9 Å². The molecule has 0 bridgehead atoms. The van der Waals surface area contributed by atoms with E-state index in [9.17, 15) is 4.39 Å². The van der Waals surface area contributed by atoms with Crippen LogP contribution in [0.3, 0.4) is 0 Å². The highest BCUT2D eigenvalue weighted by molar-refractivity contribution is 5.76. The lowest BCUT2D eigenvalue weighted by molar-refractivity contribution is 0.613. The fraction of sp³-hybridized carbons (Fsp3) is 0.222. The Morgan fingerprint density at radius 3 is 2.83 bits per heavy atom. The molecule has 0 amide bonds. The number of rotatable bonds is 0. The van der Waals surface area contributed by atoms with Crippen molar-refractivity contribution < 1.29 is 4.39 Å². The molecule has 0 spiro atoms. The van der Waals surface area contributed by atoms with Gasteiger partial charge in [-0.25, -0.2) is 9.37 Å². The zero-order chi connectivity index (χ0) is 8.72. The summed E-state index contributed by atoms with van der Waals surface area (Å²) in [6, 6.07) is 3.38. The van der Waals surface area contributed by atoms with Gasteiger partial charge >= 0.3 is 0 Å². The summed E-state index contributed by atoms with van der Waals surface area (Å²) in [4.78, 5) is 7.11. The Labute approximate surface area is 69.4 Å². The molecule has 1 N–H and O–H groups in total. The van der Waals surface area contributed by atoms with Crippen molar-refractivity contribution in [2.24, 2.45) is 0 Å². The van der Waals surface area contributed by atoms with E-state index < -0.39 is 0 Å². The summed E-state index contributed by atoms with van der Waals surface area (Å²) in [5.74, 6) is -0.260. The maximum Gasteiger partial charge on any atom is 0.146 e. The fourth-order valence-corrected chi connectivity index (χ4v) is 1.26. The average Bonchev–Trinajstić information content (AvgIpc) is 2.30. The highest BCUT2D eigenvalue weighted by Crippen LogP contribution is 2.15. The maximum atomic E-state index is 13.0. The lowest BCUT2D eigenvalue weighted by Crippen LogP contribution is -1.86. The van der Waals surface area contributed by atoms with Crippen LogP contribution in [0.15, 0.2) is 12.1 Å². The molecule has 0 saturated heterocycles. The third-order valence-electron chi connectivity index (χ3n) is 1.87. The van der Waals surface area contributed by atoms with Crippen LogP contribution in [-0.4, -0.2) is 9.97 Å². The van der Waals surface area contributed by atoms with Gasteiger partial charge in [0.15, 0.2) is 0 Å². The Kier molecular flexibility index (Phi) is 1.40. The summed E-state index contributed by atoms with van der Waals surface area (Å²) in [5.41, 5.74) is 3.03. The molecule has 2 aromatic heterocycles. The van der Waals surface area contributed by atoms with Gasteiger partial charge in [0.2, 0.25) is 0 Å². The van der Waals surface area contributed by atoms with Crippen molar-refractivity contribution >= 4 is 11.0 Å². The number of aromatic amines is 1. The molecule has 0 aliphatic heterocycles. The second-order valence-corrected chi connectivity index (χ2v) is 2.94. The second kappa shape index (κ2) is 2.30. The van der Waals surface area contributed by atoms with Crippen LogP contribution in [0, 0.1) is 19.7 Å². The SMILES string of the molecule is Cc1cc2nc(C)c(F)cc2[nH]1. The molecule has 62 valence electrons. The Morgan fingerprint density at radius 2 is 2.08 bits per heavy atom. The molecule has 2 aromatic rings. The van der Waals surface area contributed by atoms with E-state index in [1.54, 1.807) is 6.92 Å². The van der Waals surface area contributed by atoms with Crippen LogP contribution < -0.4 is 0 Å². The zero-order valence-electron chi connectivity index (χ0n) is 6.98. The lowest BCUT2D eigenvalue weighted by atomic mass is 10.3. The average molecular weight is 164 g/mol. The van der Waals surface area contributed by atoms with Crippen molar-refractivity contribution in [2.75, 3.05) is 0 Å². The summed E-state index contributed by atoms with van der Waals surface area (Å²) >= 11 is 0. The minimum absolute atomic E-state index is 0.260. The number of H-pyrrole nitrogens is 1. The highest BCUT2D eigenvalue weighted by atomic mass is 19.1. The van der Waals surface area contributed by atoms with Gasteiger partial charge in [0, 0.05) is 11.8 Å². The number of hydrogen-bond donors (Lipinski definition) is 1. The number of pyridine rings is 1. The molecule has 0 fully saturated rings. The molecule has 2 rings (SSSR count). The molecule has 0 aromatic carbocycles. The van der Waals surface area contributed by atoms with Gasteiger partial charge in [0.1, 0.15) is 5.82 Å². The van der Waals surface area contributed by atoms with Crippen molar-refractivity contribution in [1.29, 1.82) is 0 Å². The Balaban J connectivity index is 2.83. The third-order valence-corrected chi connectivity index (χ3v) is 1.87. The number of nitrogens with zero attached hydrogens (tertiary/aromatic N) is 1. The van der Waals surface area contributed by atoms with E-state index in [2.05, 4.69) is 9.97 Å². The van der Waals surface area contributed by atoms with Crippen LogP contribution in [-0.2, 0) is 0 Å². The van der Waals surface area contributed by atoms with Gasteiger partial charge in [-0.2, -0.15) is 0 Å². The maximum absolute atomic E-state index is 13.0. The van der Waals surface area contributed by atoms with E-state index in [-0.39, 0.29) is 5.82 Å².